The highest BCUT2D eigenvalue weighted by atomic mass is 32.1. The quantitative estimate of drug-likeness (QED) is 0.693. The van der Waals surface area contributed by atoms with E-state index in [1.165, 1.54) is 11.1 Å². The van der Waals surface area contributed by atoms with Gasteiger partial charge in [-0.15, -0.1) is 10.2 Å². The molecule has 0 radical (unpaired) electrons. The number of hydrogen-bond donors (Lipinski definition) is 1. The molecule has 1 fully saturated rings. The van der Waals surface area contributed by atoms with E-state index >= 15 is 0 Å². The molecule has 7 heteroatoms. The smallest absolute Gasteiger partial charge is 0.229 e. The number of nitrogens with one attached hydrogen (secondary N) is 1. The largest absolute Gasteiger partial charge is 0.346 e. The highest BCUT2D eigenvalue weighted by Crippen LogP contribution is 2.29. The van der Waals surface area contributed by atoms with E-state index in [1.54, 1.807) is 11.3 Å². The molecule has 1 aliphatic rings. The third kappa shape index (κ3) is 4.05. The van der Waals surface area contributed by atoms with Crippen LogP contribution in [0.4, 0.5) is 10.8 Å². The molecule has 0 bridgehead atoms. The van der Waals surface area contributed by atoms with Gasteiger partial charge in [-0.2, -0.15) is 0 Å². The molecule has 3 aromatic rings. The van der Waals surface area contributed by atoms with Crippen molar-refractivity contribution in [2.75, 3.05) is 23.3 Å². The number of anilines is 2. The fourth-order valence-corrected chi connectivity index (χ4v) is 4.83. The fraction of sp³-hybridized carbons (Fsp3) is 0.409. The van der Waals surface area contributed by atoms with E-state index in [0.29, 0.717) is 6.54 Å². The number of carbonyl (C=O) groups excluding carboxylic acids is 1. The summed E-state index contributed by atoms with van der Waals surface area (Å²) in [5.74, 6) is 0.0348. The number of nitrogens with zero attached hydrogens (tertiary/aromatic N) is 4. The molecule has 4 rings (SSSR count). The van der Waals surface area contributed by atoms with Crippen LogP contribution in [0.15, 0.2) is 30.3 Å². The van der Waals surface area contributed by atoms with Gasteiger partial charge in [-0.3, -0.25) is 9.36 Å². The number of carbonyl (C=O) groups is 1. The second kappa shape index (κ2) is 7.99. The lowest BCUT2D eigenvalue weighted by Crippen LogP contribution is -2.40. The van der Waals surface area contributed by atoms with E-state index in [4.69, 9.17) is 0 Å². The van der Waals surface area contributed by atoms with Gasteiger partial charge in [0.05, 0.1) is 5.92 Å². The number of benzene rings is 1. The van der Waals surface area contributed by atoms with Crippen LogP contribution >= 0.6 is 11.3 Å². The van der Waals surface area contributed by atoms with Gasteiger partial charge < -0.3 is 10.2 Å². The van der Waals surface area contributed by atoms with Crippen LogP contribution in [0.1, 0.15) is 35.4 Å². The van der Waals surface area contributed by atoms with Crippen molar-refractivity contribution in [3.8, 4) is 5.13 Å². The third-order valence-corrected chi connectivity index (χ3v) is 6.67. The predicted octanol–water partition coefficient (Wildman–Crippen LogP) is 4.42. The maximum absolute atomic E-state index is 12.8. The maximum atomic E-state index is 12.8. The molecule has 29 heavy (non-hydrogen) atoms. The molecule has 3 heterocycles. The summed E-state index contributed by atoms with van der Waals surface area (Å²) >= 11 is 1.58. The minimum atomic E-state index is -0.0484. The average molecular weight is 410 g/mol. The Balaban J connectivity index is 1.46. The summed E-state index contributed by atoms with van der Waals surface area (Å²) in [6, 6.07) is 10.2. The zero-order valence-corrected chi connectivity index (χ0v) is 18.2. The molecule has 0 saturated carbocycles. The van der Waals surface area contributed by atoms with Crippen LogP contribution in [0, 0.1) is 33.6 Å². The monoisotopic (exact) mass is 409 g/mol. The second-order valence-corrected chi connectivity index (χ2v) is 8.83. The van der Waals surface area contributed by atoms with Crippen LogP contribution in [-0.4, -0.2) is 33.8 Å². The molecule has 6 nitrogen and oxygen atoms in total. The zero-order chi connectivity index (χ0) is 20.5. The van der Waals surface area contributed by atoms with Crippen molar-refractivity contribution in [3.63, 3.8) is 0 Å². The second-order valence-electron chi connectivity index (χ2n) is 7.89. The molecule has 1 amide bonds. The van der Waals surface area contributed by atoms with Crippen molar-refractivity contribution in [1.29, 1.82) is 0 Å². The molecule has 1 atom stereocenters. The molecule has 2 aromatic heterocycles. The zero-order valence-electron chi connectivity index (χ0n) is 17.4. The van der Waals surface area contributed by atoms with Crippen LogP contribution in [-0.2, 0) is 4.79 Å². The molecule has 152 valence electrons. The van der Waals surface area contributed by atoms with Gasteiger partial charge >= 0.3 is 0 Å². The Hall–Kier alpha value is -2.67. The van der Waals surface area contributed by atoms with Gasteiger partial charge in [0.15, 0.2) is 0 Å². The van der Waals surface area contributed by atoms with Gasteiger partial charge in [0.1, 0.15) is 0 Å². The SMILES string of the molecule is Cc1ccc(NC(=O)[C@@H]2CCCN(c3nnc(-n4c(C)ccc4C)s3)C2)cc1C. The number of aromatic nitrogens is 3. The van der Waals surface area contributed by atoms with Gasteiger partial charge in [0.2, 0.25) is 16.2 Å². The summed E-state index contributed by atoms with van der Waals surface area (Å²) in [6.07, 6.45) is 1.87. The van der Waals surface area contributed by atoms with Crippen molar-refractivity contribution >= 4 is 28.1 Å². The van der Waals surface area contributed by atoms with Crippen LogP contribution in [0.3, 0.4) is 0 Å². The van der Waals surface area contributed by atoms with Crippen molar-refractivity contribution in [1.82, 2.24) is 14.8 Å². The lowest BCUT2D eigenvalue weighted by Gasteiger charge is -2.31. The van der Waals surface area contributed by atoms with Crippen LogP contribution in [0.2, 0.25) is 0 Å². The summed E-state index contributed by atoms with van der Waals surface area (Å²) in [7, 11) is 0. The van der Waals surface area contributed by atoms with Crippen molar-refractivity contribution in [2.45, 2.75) is 40.5 Å². The van der Waals surface area contributed by atoms with Gasteiger partial charge in [-0.25, -0.2) is 0 Å². The normalized spacial score (nSPS) is 16.8. The van der Waals surface area contributed by atoms with E-state index in [-0.39, 0.29) is 11.8 Å². The predicted molar refractivity (Wildman–Crippen MR) is 118 cm³/mol. The number of hydrogen-bond acceptors (Lipinski definition) is 5. The highest BCUT2D eigenvalue weighted by Gasteiger charge is 2.28. The van der Waals surface area contributed by atoms with E-state index < -0.39 is 0 Å². The summed E-state index contributed by atoms with van der Waals surface area (Å²) < 4.78 is 2.12. The minimum absolute atomic E-state index is 0.0484. The Morgan fingerprint density at radius 3 is 2.48 bits per heavy atom. The molecule has 1 N–H and O–H groups in total. The van der Waals surface area contributed by atoms with Gasteiger partial charge in [0, 0.05) is 30.2 Å². The van der Waals surface area contributed by atoms with Gasteiger partial charge in [0.25, 0.3) is 0 Å². The number of piperidine rings is 1. The Bertz CT molecular complexity index is 1020. The van der Waals surface area contributed by atoms with Gasteiger partial charge in [-0.1, -0.05) is 17.4 Å². The van der Waals surface area contributed by atoms with Crippen molar-refractivity contribution < 1.29 is 4.79 Å². The van der Waals surface area contributed by atoms with Gasteiger partial charge in [-0.05, 0) is 75.9 Å². The summed E-state index contributed by atoms with van der Waals surface area (Å²) in [5.41, 5.74) is 5.58. The highest BCUT2D eigenvalue weighted by molar-refractivity contribution is 7.17. The van der Waals surface area contributed by atoms with E-state index in [0.717, 1.165) is 46.7 Å². The molecular formula is C22H27N5OS. The molecule has 0 unspecified atom stereocenters. The van der Waals surface area contributed by atoms with Crippen molar-refractivity contribution in [3.05, 3.63) is 52.8 Å². The summed E-state index contributed by atoms with van der Waals surface area (Å²) in [4.78, 5) is 15.0. The molecule has 1 aliphatic heterocycles. The minimum Gasteiger partial charge on any atom is -0.346 e. The maximum Gasteiger partial charge on any atom is 0.229 e. The molecular weight excluding hydrogens is 382 g/mol. The molecule has 0 spiro atoms. The fourth-order valence-electron chi connectivity index (χ4n) is 3.82. The number of aryl methyl sites for hydroxylation is 4. The topological polar surface area (TPSA) is 63.1 Å². The third-order valence-electron chi connectivity index (χ3n) is 5.70. The summed E-state index contributed by atoms with van der Waals surface area (Å²) in [5, 5.41) is 13.7. The lowest BCUT2D eigenvalue weighted by atomic mass is 9.97. The Kier molecular flexibility index (Phi) is 5.41. The molecule has 1 aromatic carbocycles. The van der Waals surface area contributed by atoms with Crippen LogP contribution in [0.5, 0.6) is 0 Å². The summed E-state index contributed by atoms with van der Waals surface area (Å²) in [6.45, 7) is 9.87. The first-order valence-electron chi connectivity index (χ1n) is 10.0. The average Bonchev–Trinajstić information content (AvgIpc) is 3.31. The van der Waals surface area contributed by atoms with Crippen LogP contribution < -0.4 is 10.2 Å². The Morgan fingerprint density at radius 1 is 1.03 bits per heavy atom. The van der Waals surface area contributed by atoms with E-state index in [9.17, 15) is 4.79 Å². The molecule has 0 aliphatic carbocycles. The lowest BCUT2D eigenvalue weighted by molar-refractivity contribution is -0.120. The first-order chi connectivity index (χ1) is 13.9. The standard InChI is InChI=1S/C22H27N5OS/c1-14-7-10-19(12-15(14)2)23-20(28)18-6-5-11-26(13-18)21-24-25-22(29-21)27-16(3)8-9-17(27)4/h7-10,12,18H,5-6,11,13H2,1-4H3,(H,23,28)/t18-/m1/s1. The first-order valence-corrected chi connectivity index (χ1v) is 10.9. The van der Waals surface area contributed by atoms with Crippen molar-refractivity contribution in [2.24, 2.45) is 5.92 Å². The first kappa shape index (κ1) is 19.6. The Morgan fingerprint density at radius 2 is 1.76 bits per heavy atom. The van der Waals surface area contributed by atoms with Crippen LogP contribution in [0.25, 0.3) is 5.13 Å². The molecule has 1 saturated heterocycles. The van der Waals surface area contributed by atoms with E-state index in [2.05, 4.69) is 64.8 Å². The Labute approximate surface area is 175 Å². The number of amides is 1. The van der Waals surface area contributed by atoms with E-state index in [1.807, 2.05) is 18.2 Å². The number of rotatable bonds is 4.